The Morgan fingerprint density at radius 2 is 2.16 bits per heavy atom. The molecule has 0 bridgehead atoms. The van der Waals surface area contributed by atoms with Crippen molar-refractivity contribution < 1.29 is 41.5 Å². The fourth-order valence-corrected chi connectivity index (χ4v) is 5.01. The minimum Gasteiger partial charge on any atom is -0.432 e. The molecule has 12 nitrogen and oxygen atoms in total. The third-order valence-electron chi connectivity index (χ3n) is 5.37. The first-order chi connectivity index (χ1) is 14.5. The minimum absolute atomic E-state index is 0.431. The molecule has 31 heavy (non-hydrogen) atoms. The number of aromatic nitrogens is 2. The molecule has 1 N–H and O–H groups in total. The van der Waals surface area contributed by atoms with Crippen molar-refractivity contribution in [2.45, 2.75) is 51.2 Å². The number of alkyl halides is 1. The number of hydrogen-bond acceptors (Lipinski definition) is 10. The first kappa shape index (κ1) is 23.6. The molecular formula is C17H24FN2O10P. The van der Waals surface area contributed by atoms with Crippen molar-refractivity contribution in [3.8, 4) is 0 Å². The van der Waals surface area contributed by atoms with E-state index in [1.54, 1.807) is 20.8 Å². The number of ether oxygens (including phenoxy) is 3. The van der Waals surface area contributed by atoms with Gasteiger partial charge in [0.1, 0.15) is 18.5 Å². The van der Waals surface area contributed by atoms with Crippen molar-refractivity contribution in [1.82, 2.24) is 9.55 Å². The molecule has 1 aromatic rings. The molecule has 1 unspecified atom stereocenters. The summed E-state index contributed by atoms with van der Waals surface area (Å²) in [7, 11) is -4.29. The van der Waals surface area contributed by atoms with Crippen LogP contribution in [0.15, 0.2) is 21.9 Å². The second-order valence-corrected chi connectivity index (χ2v) is 9.26. The second kappa shape index (κ2) is 8.47. The average molecular weight is 466 g/mol. The molecule has 2 aliphatic rings. The minimum atomic E-state index is -4.29. The molecule has 0 amide bonds. The highest BCUT2D eigenvalue weighted by Gasteiger charge is 2.69. The van der Waals surface area contributed by atoms with Crippen LogP contribution < -0.4 is 11.2 Å². The van der Waals surface area contributed by atoms with Crippen LogP contribution in [0.5, 0.6) is 0 Å². The van der Waals surface area contributed by atoms with E-state index in [1.807, 2.05) is 0 Å². The van der Waals surface area contributed by atoms with Gasteiger partial charge in [-0.05, 0) is 20.8 Å². The van der Waals surface area contributed by atoms with Gasteiger partial charge in [0.25, 0.3) is 5.56 Å². The maximum absolute atomic E-state index is 14.2. The largest absolute Gasteiger partial charge is 0.510 e. The lowest BCUT2D eigenvalue weighted by Crippen LogP contribution is -2.59. The highest BCUT2D eigenvalue weighted by molar-refractivity contribution is 7.48. The summed E-state index contributed by atoms with van der Waals surface area (Å²) in [6.07, 6.45) is -1.32. The maximum Gasteiger partial charge on any atom is 0.510 e. The van der Waals surface area contributed by atoms with Crippen molar-refractivity contribution in [2.75, 3.05) is 20.1 Å². The van der Waals surface area contributed by atoms with E-state index in [0.29, 0.717) is 0 Å². The molecule has 3 heterocycles. The number of nitrogens with one attached hydrogen (secondary N) is 1. The predicted octanol–water partition coefficient (Wildman–Crippen LogP) is 1.86. The number of phosphoric acid groups is 1. The SMILES string of the molecule is CC(C)OC(=O)OCOP1(=O)OC[C@@]2(CF)O[C@@H](n3ccc(=O)[nH]c3=O)[C@H](C)[C@@]2(C)O1. The summed E-state index contributed by atoms with van der Waals surface area (Å²) < 4.78 is 59.2. The van der Waals surface area contributed by atoms with Crippen LogP contribution in [-0.4, -0.2) is 53.1 Å². The fourth-order valence-electron chi connectivity index (χ4n) is 3.48. The van der Waals surface area contributed by atoms with Crippen LogP contribution in [0, 0.1) is 5.92 Å². The molecular weight excluding hydrogens is 442 g/mol. The number of rotatable bonds is 6. The predicted molar refractivity (Wildman–Crippen MR) is 101 cm³/mol. The highest BCUT2D eigenvalue weighted by atomic mass is 31.2. The topological polar surface area (TPSA) is 144 Å². The summed E-state index contributed by atoms with van der Waals surface area (Å²) in [6, 6.07) is 1.11. The first-order valence-electron chi connectivity index (χ1n) is 9.44. The average Bonchev–Trinajstić information content (AvgIpc) is 2.89. The van der Waals surface area contributed by atoms with E-state index in [2.05, 4.69) is 9.72 Å². The molecule has 0 aromatic carbocycles. The van der Waals surface area contributed by atoms with Crippen LogP contribution >= 0.6 is 7.82 Å². The Bertz CT molecular complexity index is 996. The summed E-state index contributed by atoms with van der Waals surface area (Å²) in [4.78, 5) is 37.1. The summed E-state index contributed by atoms with van der Waals surface area (Å²) >= 11 is 0. The fraction of sp³-hybridized carbons (Fsp3) is 0.706. The smallest absolute Gasteiger partial charge is 0.432 e. The lowest BCUT2D eigenvalue weighted by molar-refractivity contribution is -0.191. The molecule has 0 spiro atoms. The molecule has 2 saturated heterocycles. The molecule has 2 aliphatic heterocycles. The number of aromatic amines is 1. The van der Waals surface area contributed by atoms with Gasteiger partial charge >= 0.3 is 19.7 Å². The van der Waals surface area contributed by atoms with Gasteiger partial charge in [-0.25, -0.2) is 23.1 Å². The van der Waals surface area contributed by atoms with Crippen LogP contribution in [0.1, 0.15) is 33.9 Å². The van der Waals surface area contributed by atoms with Crippen molar-refractivity contribution in [1.29, 1.82) is 0 Å². The van der Waals surface area contributed by atoms with Gasteiger partial charge in [0.05, 0.1) is 12.7 Å². The zero-order valence-corrected chi connectivity index (χ0v) is 18.3. The number of fused-ring (bicyclic) bond motifs is 1. The number of H-pyrrole nitrogens is 1. The maximum atomic E-state index is 14.2. The van der Waals surface area contributed by atoms with E-state index in [9.17, 15) is 23.3 Å². The molecule has 2 fully saturated rings. The van der Waals surface area contributed by atoms with E-state index in [1.165, 1.54) is 13.1 Å². The summed E-state index contributed by atoms with van der Waals surface area (Å²) in [5.74, 6) is -0.737. The second-order valence-electron chi connectivity index (χ2n) is 7.67. The van der Waals surface area contributed by atoms with Crippen LogP contribution in [0.3, 0.4) is 0 Å². The van der Waals surface area contributed by atoms with E-state index in [-0.39, 0.29) is 0 Å². The number of phosphoric ester groups is 1. The van der Waals surface area contributed by atoms with Crippen LogP contribution in [0.25, 0.3) is 0 Å². The zero-order valence-electron chi connectivity index (χ0n) is 17.4. The van der Waals surface area contributed by atoms with Crippen LogP contribution in [-0.2, 0) is 32.3 Å². The molecule has 5 atom stereocenters. The highest BCUT2D eigenvalue weighted by Crippen LogP contribution is 2.65. The first-order valence-corrected chi connectivity index (χ1v) is 10.9. The number of carbonyl (C=O) groups excluding carboxylic acids is 1. The number of hydrogen-bond donors (Lipinski definition) is 1. The molecule has 14 heteroatoms. The third kappa shape index (κ3) is 4.33. The summed E-state index contributed by atoms with van der Waals surface area (Å²) in [5, 5.41) is 0. The number of carbonyl (C=O) groups is 1. The van der Waals surface area contributed by atoms with Crippen LogP contribution in [0.2, 0.25) is 0 Å². The van der Waals surface area contributed by atoms with Gasteiger partial charge in [0.2, 0.25) is 6.79 Å². The van der Waals surface area contributed by atoms with E-state index >= 15 is 0 Å². The molecule has 0 radical (unpaired) electrons. The van der Waals surface area contributed by atoms with Gasteiger partial charge < -0.3 is 14.2 Å². The molecule has 0 saturated carbocycles. The van der Waals surface area contributed by atoms with Crippen molar-refractivity contribution in [3.63, 3.8) is 0 Å². The Hall–Kier alpha value is -2.05. The van der Waals surface area contributed by atoms with E-state index in [0.717, 1.165) is 10.6 Å². The Morgan fingerprint density at radius 1 is 1.45 bits per heavy atom. The van der Waals surface area contributed by atoms with E-state index in [4.69, 9.17) is 23.0 Å². The zero-order chi connectivity index (χ0) is 23.0. The molecule has 3 rings (SSSR count). The van der Waals surface area contributed by atoms with Crippen molar-refractivity contribution >= 4 is 14.0 Å². The van der Waals surface area contributed by atoms with Gasteiger partial charge in [-0.3, -0.25) is 23.4 Å². The lowest BCUT2D eigenvalue weighted by Gasteiger charge is -2.46. The van der Waals surface area contributed by atoms with Gasteiger partial charge in [-0.2, -0.15) is 0 Å². The Balaban J connectivity index is 1.80. The van der Waals surface area contributed by atoms with Crippen molar-refractivity contribution in [2.24, 2.45) is 5.92 Å². The monoisotopic (exact) mass is 466 g/mol. The van der Waals surface area contributed by atoms with Crippen molar-refractivity contribution in [3.05, 3.63) is 33.1 Å². The Morgan fingerprint density at radius 3 is 2.77 bits per heavy atom. The molecule has 174 valence electrons. The molecule has 0 aliphatic carbocycles. The normalized spacial score (nSPS) is 35.0. The quantitative estimate of drug-likeness (QED) is 0.375. The van der Waals surface area contributed by atoms with E-state index < -0.39 is 74.8 Å². The van der Waals surface area contributed by atoms with Gasteiger partial charge in [-0.1, -0.05) is 6.92 Å². The summed E-state index contributed by atoms with van der Waals surface area (Å²) in [6.45, 7) is 3.89. The molecule has 1 aromatic heterocycles. The summed E-state index contributed by atoms with van der Waals surface area (Å²) in [5.41, 5.74) is -4.64. The number of nitrogens with zero attached hydrogens (tertiary/aromatic N) is 1. The Labute approximate surface area is 176 Å². The van der Waals surface area contributed by atoms with Gasteiger partial charge in [-0.15, -0.1) is 0 Å². The van der Waals surface area contributed by atoms with Gasteiger partial charge in [0, 0.05) is 18.2 Å². The van der Waals surface area contributed by atoms with Gasteiger partial charge in [0.15, 0.2) is 5.60 Å². The van der Waals surface area contributed by atoms with Crippen LogP contribution in [0.4, 0.5) is 9.18 Å². The number of halogens is 1. The third-order valence-corrected chi connectivity index (χ3v) is 6.84. The lowest BCUT2D eigenvalue weighted by atomic mass is 9.79. The Kier molecular flexibility index (Phi) is 6.45. The standard InChI is InChI=1S/C17H24FN2O10P/c1-10(2)28-15(23)25-9-27-31(24)26-8-17(7-18)16(4,30-31)11(3)13(29-17)20-6-5-12(21)19-14(20)22/h5-6,10-11,13H,7-9H2,1-4H3,(H,19,21,22)/t11-,13+,16+,17+,31?/m0/s1.